The third-order valence-electron chi connectivity index (χ3n) is 6.65. The van der Waals surface area contributed by atoms with Gasteiger partial charge in [-0.05, 0) is 47.4 Å². The van der Waals surface area contributed by atoms with Gasteiger partial charge in [0.25, 0.3) is 11.5 Å². The van der Waals surface area contributed by atoms with Crippen LogP contribution in [0.5, 0.6) is 5.75 Å². The van der Waals surface area contributed by atoms with Crippen LogP contribution in [-0.2, 0) is 18.2 Å². The molecule has 0 fully saturated rings. The molecule has 3 aromatic carbocycles. The van der Waals surface area contributed by atoms with E-state index in [1.54, 1.807) is 30.3 Å². The number of anilines is 2. The Kier molecular flexibility index (Phi) is 6.66. The van der Waals surface area contributed by atoms with Crippen LogP contribution in [0.15, 0.2) is 83.7 Å². The van der Waals surface area contributed by atoms with Gasteiger partial charge in [0, 0.05) is 19.3 Å². The molecule has 0 spiro atoms. The number of benzene rings is 3. The van der Waals surface area contributed by atoms with Crippen LogP contribution in [-0.4, -0.2) is 40.2 Å². The number of carbonyl (C=O) groups excluding carboxylic acids is 2. The van der Waals surface area contributed by atoms with E-state index < -0.39 is 23.2 Å². The Hall–Kier alpha value is -4.92. The van der Waals surface area contributed by atoms with Crippen molar-refractivity contribution in [3.63, 3.8) is 0 Å². The summed E-state index contributed by atoms with van der Waals surface area (Å²) in [6.45, 7) is 0.446. The van der Waals surface area contributed by atoms with Crippen molar-refractivity contribution in [3.05, 3.63) is 117 Å². The number of hydrogen-bond donors (Lipinski definition) is 2. The summed E-state index contributed by atoms with van der Waals surface area (Å²) in [6.07, 6.45) is 0.561. The quantitative estimate of drug-likeness (QED) is 0.394. The maximum Gasteiger partial charge on any atom is 0.337 e. The van der Waals surface area contributed by atoms with Gasteiger partial charge in [-0.15, -0.1) is 0 Å². The molecule has 9 heteroatoms. The van der Waals surface area contributed by atoms with Gasteiger partial charge in [0.2, 0.25) is 11.7 Å². The summed E-state index contributed by atoms with van der Waals surface area (Å²) in [7, 11) is 2.86. The molecule has 1 aliphatic rings. The molecule has 0 saturated heterocycles. The molecule has 1 amide bonds. The number of para-hydroxylation sites is 1. The molecule has 2 N–H and O–H groups in total. The van der Waals surface area contributed by atoms with Crippen LogP contribution < -0.4 is 15.8 Å². The van der Waals surface area contributed by atoms with E-state index in [4.69, 9.17) is 4.74 Å². The number of nitrogens with zero attached hydrogens (tertiary/aromatic N) is 3. The summed E-state index contributed by atoms with van der Waals surface area (Å²) in [5.74, 6) is -1.59. The minimum absolute atomic E-state index is 0.238. The van der Waals surface area contributed by atoms with Crippen LogP contribution in [0, 0.1) is 0 Å². The third-order valence-corrected chi connectivity index (χ3v) is 6.65. The average Bonchev–Trinajstić information content (AvgIpc) is 2.95. The molecule has 1 atom stereocenters. The standard InChI is InChI=1S/C29H26N4O5/c1-32-27(36)25(34)23(26(35)30-21-11-7-4-8-12-21)31-29(32)33-16-15-19-17-20(28(37)38-2)13-14-22(19)24(33)18-9-5-3-6-10-18/h3-14,17,24,34H,15-16H2,1-2H3,(H,30,35). The minimum atomic E-state index is -0.730. The maximum absolute atomic E-state index is 13.1. The predicted octanol–water partition coefficient (Wildman–Crippen LogP) is 3.68. The van der Waals surface area contributed by atoms with E-state index in [1.165, 1.54) is 18.7 Å². The first-order valence-electron chi connectivity index (χ1n) is 12.1. The number of hydrogen-bond acceptors (Lipinski definition) is 7. The van der Waals surface area contributed by atoms with Crippen LogP contribution >= 0.6 is 0 Å². The molecule has 0 aliphatic carbocycles. The van der Waals surface area contributed by atoms with E-state index in [1.807, 2.05) is 53.4 Å². The second-order valence-electron chi connectivity index (χ2n) is 8.96. The van der Waals surface area contributed by atoms with Crippen LogP contribution in [0.1, 0.15) is 43.6 Å². The van der Waals surface area contributed by atoms with Gasteiger partial charge in [-0.3, -0.25) is 14.2 Å². The average molecular weight is 511 g/mol. The highest BCUT2D eigenvalue weighted by molar-refractivity contribution is 6.04. The number of fused-ring (bicyclic) bond motifs is 1. The van der Waals surface area contributed by atoms with Gasteiger partial charge in [-0.1, -0.05) is 54.6 Å². The Morgan fingerprint density at radius 3 is 2.39 bits per heavy atom. The zero-order valence-electron chi connectivity index (χ0n) is 20.9. The maximum atomic E-state index is 13.1. The molecule has 192 valence electrons. The number of aromatic hydroxyl groups is 1. The lowest BCUT2D eigenvalue weighted by Gasteiger charge is -2.39. The van der Waals surface area contributed by atoms with Crippen LogP contribution in [0.3, 0.4) is 0 Å². The number of nitrogens with one attached hydrogen (secondary N) is 1. The van der Waals surface area contributed by atoms with Gasteiger partial charge in [0.05, 0.1) is 18.7 Å². The summed E-state index contributed by atoms with van der Waals surface area (Å²) in [6, 6.07) is 23.5. The first-order valence-corrected chi connectivity index (χ1v) is 12.1. The zero-order valence-corrected chi connectivity index (χ0v) is 20.9. The van der Waals surface area contributed by atoms with Crippen molar-refractivity contribution in [1.82, 2.24) is 9.55 Å². The molecule has 2 heterocycles. The summed E-state index contributed by atoms with van der Waals surface area (Å²) in [4.78, 5) is 44.7. The fraction of sp³-hybridized carbons (Fsp3) is 0.172. The molecule has 0 radical (unpaired) electrons. The smallest absolute Gasteiger partial charge is 0.337 e. The number of esters is 1. The molecule has 0 saturated carbocycles. The van der Waals surface area contributed by atoms with E-state index in [9.17, 15) is 19.5 Å². The van der Waals surface area contributed by atoms with E-state index in [2.05, 4.69) is 10.3 Å². The van der Waals surface area contributed by atoms with Crippen LogP contribution in [0.25, 0.3) is 0 Å². The fourth-order valence-electron chi connectivity index (χ4n) is 4.79. The number of aromatic nitrogens is 2. The molecular weight excluding hydrogens is 484 g/mol. The molecule has 1 unspecified atom stereocenters. The second-order valence-corrected chi connectivity index (χ2v) is 8.96. The van der Waals surface area contributed by atoms with Crippen molar-refractivity contribution in [2.45, 2.75) is 12.5 Å². The molecule has 1 aromatic heterocycles. The topological polar surface area (TPSA) is 114 Å². The highest BCUT2D eigenvalue weighted by atomic mass is 16.5. The summed E-state index contributed by atoms with van der Waals surface area (Å²) < 4.78 is 6.14. The number of ether oxygens (including phenoxy) is 1. The van der Waals surface area contributed by atoms with Crippen molar-refractivity contribution >= 4 is 23.5 Å². The summed E-state index contributed by atoms with van der Waals surface area (Å²) in [5, 5.41) is 13.3. The van der Waals surface area contributed by atoms with E-state index in [0.717, 1.165) is 16.7 Å². The Morgan fingerprint density at radius 1 is 1.03 bits per heavy atom. The Bertz CT molecular complexity index is 1570. The summed E-state index contributed by atoms with van der Waals surface area (Å²) in [5.41, 5.74) is 2.74. The zero-order chi connectivity index (χ0) is 26.8. The van der Waals surface area contributed by atoms with Crippen molar-refractivity contribution in [3.8, 4) is 5.75 Å². The predicted molar refractivity (Wildman–Crippen MR) is 143 cm³/mol. The van der Waals surface area contributed by atoms with E-state index >= 15 is 0 Å². The van der Waals surface area contributed by atoms with Gasteiger partial charge in [0.15, 0.2) is 5.69 Å². The van der Waals surface area contributed by atoms with Crippen molar-refractivity contribution < 1.29 is 19.4 Å². The molecule has 5 rings (SSSR count). The lowest BCUT2D eigenvalue weighted by Crippen LogP contribution is -2.41. The number of methoxy groups -OCH3 is 1. The summed E-state index contributed by atoms with van der Waals surface area (Å²) >= 11 is 0. The normalized spacial score (nSPS) is 14.5. The van der Waals surface area contributed by atoms with Gasteiger partial charge in [-0.25, -0.2) is 9.78 Å². The molecule has 9 nitrogen and oxygen atoms in total. The molecule has 1 aliphatic heterocycles. The number of carbonyl (C=O) groups is 2. The molecular formula is C29H26N4O5. The van der Waals surface area contributed by atoms with Gasteiger partial charge < -0.3 is 20.1 Å². The van der Waals surface area contributed by atoms with Crippen LogP contribution in [0.4, 0.5) is 11.6 Å². The highest BCUT2D eigenvalue weighted by Crippen LogP contribution is 2.38. The largest absolute Gasteiger partial charge is 0.501 e. The van der Waals surface area contributed by atoms with Gasteiger partial charge in [-0.2, -0.15) is 0 Å². The Labute approximate surface area is 219 Å². The number of amides is 1. The molecule has 38 heavy (non-hydrogen) atoms. The molecule has 4 aromatic rings. The first-order chi connectivity index (χ1) is 18.4. The van der Waals surface area contributed by atoms with E-state index in [0.29, 0.717) is 24.2 Å². The minimum Gasteiger partial charge on any atom is -0.501 e. The van der Waals surface area contributed by atoms with Crippen molar-refractivity contribution in [1.29, 1.82) is 0 Å². The van der Waals surface area contributed by atoms with Crippen LogP contribution in [0.2, 0.25) is 0 Å². The van der Waals surface area contributed by atoms with E-state index in [-0.39, 0.29) is 17.7 Å². The highest BCUT2D eigenvalue weighted by Gasteiger charge is 2.33. The van der Waals surface area contributed by atoms with Crippen molar-refractivity contribution in [2.24, 2.45) is 7.05 Å². The second kappa shape index (κ2) is 10.2. The molecule has 0 bridgehead atoms. The number of rotatable bonds is 5. The van der Waals surface area contributed by atoms with Gasteiger partial charge >= 0.3 is 5.97 Å². The third kappa shape index (κ3) is 4.50. The monoisotopic (exact) mass is 510 g/mol. The Morgan fingerprint density at radius 2 is 1.71 bits per heavy atom. The van der Waals surface area contributed by atoms with Crippen molar-refractivity contribution in [2.75, 3.05) is 23.9 Å². The Balaban J connectivity index is 1.62. The van der Waals surface area contributed by atoms with Gasteiger partial charge in [0.1, 0.15) is 0 Å². The first kappa shape index (κ1) is 24.8. The SMILES string of the molecule is COC(=O)c1ccc2c(c1)CCN(c1nc(C(=O)Nc3ccccc3)c(O)c(=O)n1C)C2c1ccccc1. The lowest BCUT2D eigenvalue weighted by molar-refractivity contribution is 0.0600. The lowest BCUT2D eigenvalue weighted by atomic mass is 9.87. The fourth-order valence-corrected chi connectivity index (χ4v) is 4.79.